The number of Topliss-reactive ketones (excluding diaryl/α,β-unsaturated/α-hetero) is 1. The van der Waals surface area contributed by atoms with Crippen molar-refractivity contribution < 1.29 is 14.3 Å². The van der Waals surface area contributed by atoms with Crippen LogP contribution in [-0.4, -0.2) is 16.6 Å². The van der Waals surface area contributed by atoms with Crippen LogP contribution in [0.5, 0.6) is 0 Å². The molecule has 0 bridgehead atoms. The van der Waals surface area contributed by atoms with E-state index < -0.39 is 11.6 Å². The van der Waals surface area contributed by atoms with Crippen molar-refractivity contribution in [3.63, 3.8) is 0 Å². The Morgan fingerprint density at radius 3 is 2.52 bits per heavy atom. The number of hydrogen-bond acceptors (Lipinski definition) is 4. The highest BCUT2D eigenvalue weighted by Gasteiger charge is 2.32. The summed E-state index contributed by atoms with van der Waals surface area (Å²) in [4.78, 5) is 16.4. The van der Waals surface area contributed by atoms with E-state index >= 15 is 0 Å². The second kappa shape index (κ2) is 5.67. The van der Waals surface area contributed by atoms with Gasteiger partial charge in [0.1, 0.15) is 23.2 Å². The Kier molecular flexibility index (Phi) is 3.68. The molecule has 0 heterocycles. The van der Waals surface area contributed by atoms with Crippen LogP contribution in [0, 0.1) is 17.1 Å². The van der Waals surface area contributed by atoms with Gasteiger partial charge in [-0.05, 0) is 18.2 Å². The van der Waals surface area contributed by atoms with Gasteiger partial charge in [0, 0.05) is 11.1 Å². The first kappa shape index (κ1) is 14.9. The number of aliphatic imine (C=N–C) groups is 1. The van der Waals surface area contributed by atoms with E-state index in [1.165, 1.54) is 12.1 Å². The summed E-state index contributed by atoms with van der Waals surface area (Å²) in [5.74, 6) is -1.39. The average molecular weight is 327 g/mol. The second-order valence-electron chi connectivity index (χ2n) is 4.77. The maximum Gasteiger partial charge on any atom is 0.200 e. The highest BCUT2D eigenvalue weighted by Crippen LogP contribution is 2.32. The van der Waals surface area contributed by atoms with Crippen molar-refractivity contribution in [1.82, 2.24) is 0 Å². The first-order chi connectivity index (χ1) is 11.0. The Morgan fingerprint density at radius 1 is 1.22 bits per heavy atom. The lowest BCUT2D eigenvalue weighted by Crippen LogP contribution is -2.08. The van der Waals surface area contributed by atoms with Crippen molar-refractivity contribution >= 4 is 34.5 Å². The molecule has 2 aromatic rings. The summed E-state index contributed by atoms with van der Waals surface area (Å²) >= 11 is 5.67. The van der Waals surface area contributed by atoms with E-state index in [4.69, 9.17) is 11.6 Å². The zero-order valence-electron chi connectivity index (χ0n) is 11.5. The van der Waals surface area contributed by atoms with E-state index in [-0.39, 0.29) is 27.8 Å². The first-order valence-corrected chi connectivity index (χ1v) is 6.92. The van der Waals surface area contributed by atoms with E-state index in [1.807, 2.05) is 0 Å². The van der Waals surface area contributed by atoms with Crippen LogP contribution < -0.4 is 0 Å². The number of aliphatic hydroxyl groups is 1. The summed E-state index contributed by atoms with van der Waals surface area (Å²) in [5, 5.41) is 19.4. The van der Waals surface area contributed by atoms with E-state index in [1.54, 1.807) is 30.3 Å². The number of carbonyl (C=O) groups excluding carboxylic acids is 1. The summed E-state index contributed by atoms with van der Waals surface area (Å²) < 4.78 is 13.2. The van der Waals surface area contributed by atoms with Gasteiger partial charge in [-0.1, -0.05) is 35.9 Å². The number of nitrogens with zero attached hydrogens (tertiary/aromatic N) is 2. The molecule has 2 aromatic carbocycles. The topological polar surface area (TPSA) is 73.4 Å². The molecule has 0 saturated carbocycles. The van der Waals surface area contributed by atoms with Gasteiger partial charge in [-0.2, -0.15) is 5.26 Å². The number of hydrogen-bond donors (Lipinski definition) is 1. The fraction of sp³-hybridized carbons (Fsp3) is 0. The molecule has 1 N–H and O–H groups in total. The summed E-state index contributed by atoms with van der Waals surface area (Å²) in [7, 11) is 0. The van der Waals surface area contributed by atoms with Gasteiger partial charge >= 0.3 is 0 Å². The minimum absolute atomic E-state index is 0.150. The van der Waals surface area contributed by atoms with Gasteiger partial charge in [-0.25, -0.2) is 9.38 Å². The van der Waals surface area contributed by atoms with Crippen LogP contribution in [0.1, 0.15) is 15.9 Å². The molecule has 0 aromatic heterocycles. The van der Waals surface area contributed by atoms with E-state index in [2.05, 4.69) is 4.99 Å². The second-order valence-corrected chi connectivity index (χ2v) is 5.18. The van der Waals surface area contributed by atoms with Gasteiger partial charge < -0.3 is 5.11 Å². The van der Waals surface area contributed by atoms with Crippen molar-refractivity contribution in [1.29, 1.82) is 5.26 Å². The molecular formula is C17H8ClFN2O2. The van der Waals surface area contributed by atoms with E-state index in [0.717, 1.165) is 6.07 Å². The number of rotatable bonds is 2. The maximum absolute atomic E-state index is 13.2. The third-order valence-electron chi connectivity index (χ3n) is 3.38. The van der Waals surface area contributed by atoms with Crippen LogP contribution in [0.15, 0.2) is 53.0 Å². The van der Waals surface area contributed by atoms with Gasteiger partial charge in [-0.3, -0.25) is 4.79 Å². The molecule has 0 atom stereocenters. The SMILES string of the molecule is N#CC(=Nc1ccc(F)c(Cl)c1)C1=C(O)c2ccccc2C1=O. The van der Waals surface area contributed by atoms with Crippen LogP contribution >= 0.6 is 11.6 Å². The largest absolute Gasteiger partial charge is 0.506 e. The molecule has 23 heavy (non-hydrogen) atoms. The number of halogens is 2. The number of benzene rings is 2. The van der Waals surface area contributed by atoms with Crippen LogP contribution in [0.3, 0.4) is 0 Å². The Labute approximate surface area is 135 Å². The monoisotopic (exact) mass is 326 g/mol. The van der Waals surface area contributed by atoms with Crippen molar-refractivity contribution in [3.8, 4) is 6.07 Å². The van der Waals surface area contributed by atoms with Crippen molar-refractivity contribution in [2.24, 2.45) is 4.99 Å². The number of allylic oxidation sites excluding steroid dienone is 1. The molecule has 1 aliphatic carbocycles. The molecule has 112 valence electrons. The molecular weight excluding hydrogens is 319 g/mol. The van der Waals surface area contributed by atoms with Crippen molar-refractivity contribution in [2.75, 3.05) is 0 Å². The standard InChI is InChI=1S/C17H8ClFN2O2/c18-12-7-9(5-6-13(12)19)21-14(8-20)15-16(22)10-3-1-2-4-11(10)17(15)23/h1-7,22H. The Bertz CT molecular complexity index is 942. The predicted molar refractivity (Wildman–Crippen MR) is 84.4 cm³/mol. The van der Waals surface area contributed by atoms with E-state index in [0.29, 0.717) is 11.1 Å². The molecule has 1 aliphatic rings. The Hall–Kier alpha value is -2.97. The molecule has 4 nitrogen and oxygen atoms in total. The average Bonchev–Trinajstić information content (AvgIpc) is 2.81. The van der Waals surface area contributed by atoms with Crippen LogP contribution in [0.25, 0.3) is 5.76 Å². The lowest BCUT2D eigenvalue weighted by molar-refractivity contribution is 0.104. The molecule has 0 fully saturated rings. The number of aliphatic hydroxyl groups excluding tert-OH is 1. The van der Waals surface area contributed by atoms with Crippen molar-refractivity contribution in [2.45, 2.75) is 0 Å². The predicted octanol–water partition coefficient (Wildman–Crippen LogP) is 4.24. The molecule has 0 saturated heterocycles. The summed E-state index contributed by atoms with van der Waals surface area (Å²) in [5.41, 5.74) is 0.435. The first-order valence-electron chi connectivity index (χ1n) is 6.54. The molecule has 6 heteroatoms. The summed E-state index contributed by atoms with van der Waals surface area (Å²) in [6, 6.07) is 11.9. The lowest BCUT2D eigenvalue weighted by atomic mass is 10.1. The van der Waals surface area contributed by atoms with Gasteiger partial charge in [0.2, 0.25) is 0 Å². The fourth-order valence-electron chi connectivity index (χ4n) is 2.30. The number of nitriles is 1. The molecule has 0 spiro atoms. The van der Waals surface area contributed by atoms with Crippen LogP contribution in [0.2, 0.25) is 5.02 Å². The zero-order chi connectivity index (χ0) is 16.6. The quantitative estimate of drug-likeness (QED) is 0.839. The Morgan fingerprint density at radius 2 is 1.91 bits per heavy atom. The smallest absolute Gasteiger partial charge is 0.200 e. The van der Waals surface area contributed by atoms with Crippen LogP contribution in [0.4, 0.5) is 10.1 Å². The summed E-state index contributed by atoms with van der Waals surface area (Å²) in [6.07, 6.45) is 0. The van der Waals surface area contributed by atoms with Gasteiger partial charge in [0.05, 0.1) is 10.7 Å². The minimum Gasteiger partial charge on any atom is -0.506 e. The van der Waals surface area contributed by atoms with Gasteiger partial charge in [0.15, 0.2) is 11.5 Å². The number of fused-ring (bicyclic) bond motifs is 1. The molecule has 3 rings (SSSR count). The number of ketones is 1. The lowest BCUT2D eigenvalue weighted by Gasteiger charge is -2.01. The van der Waals surface area contributed by atoms with Gasteiger partial charge in [0.25, 0.3) is 0 Å². The Balaban J connectivity index is 2.11. The zero-order valence-corrected chi connectivity index (χ0v) is 12.3. The molecule has 0 radical (unpaired) electrons. The summed E-state index contributed by atoms with van der Waals surface area (Å²) in [6.45, 7) is 0. The van der Waals surface area contributed by atoms with Crippen molar-refractivity contribution in [3.05, 3.63) is 70.0 Å². The third kappa shape index (κ3) is 2.50. The molecule has 0 amide bonds. The van der Waals surface area contributed by atoms with Crippen LogP contribution in [-0.2, 0) is 0 Å². The minimum atomic E-state index is -0.615. The van der Waals surface area contributed by atoms with E-state index in [9.17, 15) is 19.6 Å². The highest BCUT2D eigenvalue weighted by molar-refractivity contribution is 6.39. The molecule has 0 unspecified atom stereocenters. The fourth-order valence-corrected chi connectivity index (χ4v) is 2.48. The molecule has 0 aliphatic heterocycles. The number of carbonyl (C=O) groups is 1. The normalized spacial score (nSPS) is 14.0. The van der Waals surface area contributed by atoms with Gasteiger partial charge in [-0.15, -0.1) is 0 Å². The highest BCUT2D eigenvalue weighted by atomic mass is 35.5. The maximum atomic E-state index is 13.2. The third-order valence-corrected chi connectivity index (χ3v) is 3.67.